The second-order valence-corrected chi connectivity index (χ2v) is 8.74. The third kappa shape index (κ3) is 5.31. The number of carbonyl (C=O) groups is 4. The number of ether oxygens (including phenoxy) is 1. The zero-order chi connectivity index (χ0) is 25.3. The number of fused-ring (bicyclic) bond motifs is 1. The van der Waals surface area contributed by atoms with E-state index in [2.05, 4.69) is 15.4 Å². The first kappa shape index (κ1) is 24.7. The minimum atomic E-state index is -4.62. The lowest BCUT2D eigenvalue weighted by Gasteiger charge is -2.34. The van der Waals surface area contributed by atoms with E-state index < -0.39 is 59.8 Å². The summed E-state index contributed by atoms with van der Waals surface area (Å²) < 4.78 is 43.7. The lowest BCUT2D eigenvalue weighted by Crippen LogP contribution is -2.57. The Balaban J connectivity index is 1.50. The van der Waals surface area contributed by atoms with Crippen molar-refractivity contribution >= 4 is 23.7 Å². The number of aliphatic hydroxyl groups is 1. The SMILES string of the molecule is O=C1CC(NC(=O)[C@@H]2CC[C@H]3C/C=C\C[C@H](NC(=O)c4cccc(C(F)(F)F)c4)C(=O)N32)C(O)O1. The Morgan fingerprint density at radius 2 is 1.83 bits per heavy atom. The van der Waals surface area contributed by atoms with Gasteiger partial charge in [0, 0.05) is 11.6 Å². The molecule has 2 saturated heterocycles. The Labute approximate surface area is 198 Å². The number of hydrogen-bond acceptors (Lipinski definition) is 6. The number of benzene rings is 1. The minimum Gasteiger partial charge on any atom is -0.434 e. The molecule has 3 aliphatic rings. The van der Waals surface area contributed by atoms with E-state index in [9.17, 15) is 37.5 Å². The van der Waals surface area contributed by atoms with Crippen LogP contribution in [0.15, 0.2) is 36.4 Å². The highest BCUT2D eigenvalue weighted by Gasteiger charge is 2.45. The number of cyclic esters (lactones) is 1. The van der Waals surface area contributed by atoms with Gasteiger partial charge in [-0.3, -0.25) is 19.2 Å². The van der Waals surface area contributed by atoms with Gasteiger partial charge in [-0.2, -0.15) is 13.2 Å². The number of halogens is 3. The fourth-order valence-electron chi connectivity index (χ4n) is 4.62. The topological polar surface area (TPSA) is 125 Å². The number of nitrogens with one attached hydrogen (secondary N) is 2. The molecule has 2 fully saturated rings. The molecule has 9 nitrogen and oxygen atoms in total. The molecule has 0 saturated carbocycles. The van der Waals surface area contributed by atoms with Crippen LogP contribution in [-0.2, 0) is 25.3 Å². The smallest absolute Gasteiger partial charge is 0.416 e. The van der Waals surface area contributed by atoms with Crippen molar-refractivity contribution in [2.75, 3.05) is 0 Å². The van der Waals surface area contributed by atoms with Gasteiger partial charge in [0.25, 0.3) is 5.91 Å². The normalized spacial score (nSPS) is 29.6. The van der Waals surface area contributed by atoms with Crippen LogP contribution in [0.3, 0.4) is 0 Å². The summed E-state index contributed by atoms with van der Waals surface area (Å²) in [6.07, 6.45) is -1.29. The van der Waals surface area contributed by atoms with Gasteiger partial charge in [-0.25, -0.2) is 0 Å². The van der Waals surface area contributed by atoms with Gasteiger partial charge in [0.2, 0.25) is 18.1 Å². The summed E-state index contributed by atoms with van der Waals surface area (Å²) >= 11 is 0. The molecule has 3 heterocycles. The van der Waals surface area contributed by atoms with Crippen LogP contribution in [0.25, 0.3) is 0 Å². The highest BCUT2D eigenvalue weighted by Crippen LogP contribution is 2.31. The van der Waals surface area contributed by atoms with E-state index in [0.29, 0.717) is 25.3 Å². The van der Waals surface area contributed by atoms with E-state index in [1.807, 2.05) is 6.08 Å². The van der Waals surface area contributed by atoms with Crippen molar-refractivity contribution < 1.29 is 42.2 Å². The Morgan fingerprint density at radius 3 is 2.51 bits per heavy atom. The summed E-state index contributed by atoms with van der Waals surface area (Å²) in [6.45, 7) is 0. The molecule has 3 amide bonds. The van der Waals surface area contributed by atoms with Gasteiger partial charge in [-0.15, -0.1) is 0 Å². The molecule has 3 aliphatic heterocycles. The van der Waals surface area contributed by atoms with Crippen molar-refractivity contribution in [3.05, 3.63) is 47.5 Å². The quantitative estimate of drug-likeness (QED) is 0.427. The number of hydrogen-bond donors (Lipinski definition) is 3. The van der Waals surface area contributed by atoms with Gasteiger partial charge in [0.05, 0.1) is 12.0 Å². The van der Waals surface area contributed by atoms with Crippen molar-refractivity contribution in [3.63, 3.8) is 0 Å². The molecule has 0 aromatic heterocycles. The highest BCUT2D eigenvalue weighted by atomic mass is 19.4. The summed E-state index contributed by atoms with van der Waals surface area (Å²) in [5.41, 5.74) is -1.23. The molecule has 1 aromatic rings. The maximum atomic E-state index is 13.4. The third-order valence-electron chi connectivity index (χ3n) is 6.37. The summed E-state index contributed by atoms with van der Waals surface area (Å²) in [7, 11) is 0. The number of rotatable bonds is 4. The van der Waals surface area contributed by atoms with Crippen LogP contribution < -0.4 is 10.6 Å². The van der Waals surface area contributed by atoms with Crippen molar-refractivity contribution in [2.24, 2.45) is 0 Å². The Morgan fingerprint density at radius 1 is 1.09 bits per heavy atom. The van der Waals surface area contributed by atoms with E-state index in [1.165, 1.54) is 11.0 Å². The van der Waals surface area contributed by atoms with Gasteiger partial charge in [0.1, 0.15) is 18.1 Å². The molecule has 5 atom stereocenters. The van der Waals surface area contributed by atoms with Crippen LogP contribution in [0.1, 0.15) is 48.0 Å². The van der Waals surface area contributed by atoms with E-state index >= 15 is 0 Å². The van der Waals surface area contributed by atoms with E-state index in [-0.39, 0.29) is 24.4 Å². The molecule has 12 heteroatoms. The largest absolute Gasteiger partial charge is 0.434 e. The van der Waals surface area contributed by atoms with E-state index in [0.717, 1.165) is 12.1 Å². The average molecular weight is 495 g/mol. The second-order valence-electron chi connectivity index (χ2n) is 8.74. The van der Waals surface area contributed by atoms with E-state index in [4.69, 9.17) is 0 Å². The predicted molar refractivity (Wildman–Crippen MR) is 113 cm³/mol. The van der Waals surface area contributed by atoms with Crippen molar-refractivity contribution in [3.8, 4) is 0 Å². The first-order chi connectivity index (χ1) is 16.5. The number of alkyl halides is 3. The molecule has 188 valence electrons. The number of carbonyl (C=O) groups excluding carboxylic acids is 4. The molecule has 0 bridgehead atoms. The Hall–Kier alpha value is -3.41. The second kappa shape index (κ2) is 9.68. The van der Waals surface area contributed by atoms with Crippen molar-refractivity contribution in [1.29, 1.82) is 0 Å². The average Bonchev–Trinajstić information content (AvgIpc) is 3.35. The van der Waals surface area contributed by atoms with Gasteiger partial charge in [-0.05, 0) is 43.9 Å². The summed E-state index contributed by atoms with van der Waals surface area (Å²) in [6, 6.07) is 0.660. The van der Waals surface area contributed by atoms with Gasteiger partial charge in [-0.1, -0.05) is 18.2 Å². The zero-order valence-corrected chi connectivity index (χ0v) is 18.5. The standard InChI is InChI=1S/C23H24F3N3O6/c24-23(25,26)13-5-3-4-12(10-13)19(31)27-15-7-2-1-6-14-8-9-17(29(14)21(15)33)20(32)28-16-11-18(30)35-22(16)34/h1-5,10,14-17,22,34H,6-9,11H2,(H,27,31)(H,28,32)/b2-1-/t14-,15+,16?,17+,22?/m1/s1. The van der Waals surface area contributed by atoms with Crippen molar-refractivity contribution in [1.82, 2.24) is 15.5 Å². The number of aliphatic hydroxyl groups excluding tert-OH is 1. The Kier molecular flexibility index (Phi) is 6.84. The van der Waals surface area contributed by atoms with Gasteiger partial charge in [0.15, 0.2) is 0 Å². The maximum Gasteiger partial charge on any atom is 0.416 e. The van der Waals surface area contributed by atoms with Crippen LogP contribution in [0.4, 0.5) is 13.2 Å². The van der Waals surface area contributed by atoms with Gasteiger partial charge < -0.3 is 25.4 Å². The molecule has 35 heavy (non-hydrogen) atoms. The molecule has 4 rings (SSSR count). The first-order valence-electron chi connectivity index (χ1n) is 11.2. The zero-order valence-electron chi connectivity index (χ0n) is 18.5. The molecular formula is C23H24F3N3O6. The first-order valence-corrected chi connectivity index (χ1v) is 11.2. The monoisotopic (exact) mass is 495 g/mol. The molecular weight excluding hydrogens is 471 g/mol. The fraction of sp³-hybridized carbons (Fsp3) is 0.478. The molecule has 0 radical (unpaired) electrons. The van der Waals surface area contributed by atoms with E-state index in [1.54, 1.807) is 6.08 Å². The molecule has 2 unspecified atom stereocenters. The number of amides is 3. The number of esters is 1. The Bertz CT molecular complexity index is 1060. The maximum absolute atomic E-state index is 13.4. The molecule has 3 N–H and O–H groups in total. The lowest BCUT2D eigenvalue weighted by molar-refractivity contribution is -0.155. The van der Waals surface area contributed by atoms with Crippen LogP contribution in [0.2, 0.25) is 0 Å². The van der Waals surface area contributed by atoms with Crippen molar-refractivity contribution in [2.45, 2.75) is 68.7 Å². The number of nitrogens with zero attached hydrogens (tertiary/aromatic N) is 1. The van der Waals surface area contributed by atoms with Crippen LogP contribution in [-0.4, -0.2) is 64.2 Å². The van der Waals surface area contributed by atoms with Crippen LogP contribution in [0.5, 0.6) is 0 Å². The predicted octanol–water partition coefficient (Wildman–Crippen LogP) is 1.26. The minimum absolute atomic E-state index is 0.102. The van der Waals surface area contributed by atoms with Crippen LogP contribution in [0, 0.1) is 0 Å². The summed E-state index contributed by atoms with van der Waals surface area (Å²) in [5.74, 6) is -2.59. The molecule has 1 aromatic carbocycles. The highest BCUT2D eigenvalue weighted by molar-refractivity contribution is 5.99. The molecule has 0 aliphatic carbocycles. The molecule has 0 spiro atoms. The lowest BCUT2D eigenvalue weighted by atomic mass is 10.0. The third-order valence-corrected chi connectivity index (χ3v) is 6.37. The fourth-order valence-corrected chi connectivity index (χ4v) is 4.62. The summed E-state index contributed by atoms with van der Waals surface area (Å²) in [5, 5.41) is 14.8. The van der Waals surface area contributed by atoms with Gasteiger partial charge >= 0.3 is 12.1 Å². The summed E-state index contributed by atoms with van der Waals surface area (Å²) in [4.78, 5) is 51.8. The van der Waals surface area contributed by atoms with Crippen LogP contribution >= 0.6 is 0 Å².